The monoisotopic (exact) mass is 511 g/mol. The topological polar surface area (TPSA) is 129 Å². The van der Waals surface area contributed by atoms with Crippen LogP contribution in [0.1, 0.15) is 65.4 Å². The number of furan rings is 1. The maximum atomic E-state index is 13.3. The van der Waals surface area contributed by atoms with Gasteiger partial charge in [-0.2, -0.15) is 0 Å². The number of amides is 1. The Morgan fingerprint density at radius 1 is 1.24 bits per heavy atom. The third-order valence-corrected chi connectivity index (χ3v) is 7.11. The van der Waals surface area contributed by atoms with Crippen LogP contribution in [0.5, 0.6) is 0 Å². The van der Waals surface area contributed by atoms with Gasteiger partial charge in [-0.3, -0.25) is 9.69 Å². The van der Waals surface area contributed by atoms with Crippen LogP contribution in [0.25, 0.3) is 0 Å². The Morgan fingerprint density at radius 3 is 2.65 bits per heavy atom. The predicted molar refractivity (Wildman–Crippen MR) is 133 cm³/mol. The van der Waals surface area contributed by atoms with E-state index in [-0.39, 0.29) is 29.9 Å². The number of hydrogen-bond donors (Lipinski definition) is 1. The van der Waals surface area contributed by atoms with E-state index in [1.807, 2.05) is 0 Å². The summed E-state index contributed by atoms with van der Waals surface area (Å²) in [6.07, 6.45) is 7.09. The van der Waals surface area contributed by atoms with Crippen molar-refractivity contribution in [3.05, 3.63) is 59.3 Å². The van der Waals surface area contributed by atoms with Crippen molar-refractivity contribution in [3.63, 3.8) is 0 Å². The smallest absolute Gasteiger partial charge is 0.361 e. The molecule has 11 nitrogen and oxygen atoms in total. The quantitative estimate of drug-likeness (QED) is 0.399. The highest BCUT2D eigenvalue weighted by molar-refractivity contribution is 6.00. The largest absolute Gasteiger partial charge is 0.467 e. The van der Waals surface area contributed by atoms with Crippen LogP contribution >= 0.6 is 0 Å². The molecule has 1 amide bonds. The van der Waals surface area contributed by atoms with Crippen LogP contribution in [0.15, 0.2) is 46.6 Å². The number of hydrogen-bond acceptors (Lipinski definition) is 9. The van der Waals surface area contributed by atoms with Crippen LogP contribution in [0.3, 0.4) is 0 Å². The molecule has 0 unspecified atom stereocenters. The first-order valence-corrected chi connectivity index (χ1v) is 12.3. The Kier molecular flexibility index (Phi) is 8.22. The van der Waals surface area contributed by atoms with Crippen molar-refractivity contribution >= 4 is 17.8 Å². The summed E-state index contributed by atoms with van der Waals surface area (Å²) in [6.45, 7) is 7.48. The molecule has 0 spiro atoms. The number of rotatable bonds is 9. The molecule has 37 heavy (non-hydrogen) atoms. The Bertz CT molecular complexity index is 1180. The summed E-state index contributed by atoms with van der Waals surface area (Å²) >= 11 is 0. The fourth-order valence-corrected chi connectivity index (χ4v) is 5.02. The second-order valence-electron chi connectivity index (χ2n) is 9.53. The molecule has 4 rings (SSSR count). The summed E-state index contributed by atoms with van der Waals surface area (Å²) in [5, 5.41) is 10.9. The lowest BCUT2D eigenvalue weighted by molar-refractivity contribution is -0.125. The van der Waals surface area contributed by atoms with Gasteiger partial charge in [0, 0.05) is 13.1 Å². The Morgan fingerprint density at radius 2 is 2.03 bits per heavy atom. The van der Waals surface area contributed by atoms with E-state index in [2.05, 4.69) is 40.1 Å². The molecule has 3 heterocycles. The minimum Gasteiger partial charge on any atom is -0.467 e. The van der Waals surface area contributed by atoms with Crippen molar-refractivity contribution in [1.29, 1.82) is 0 Å². The summed E-state index contributed by atoms with van der Waals surface area (Å²) in [4.78, 5) is 40.2. The van der Waals surface area contributed by atoms with Crippen LogP contribution in [-0.4, -0.2) is 71.1 Å². The lowest BCUT2D eigenvalue weighted by atomic mass is 9.85. The van der Waals surface area contributed by atoms with Crippen LogP contribution in [0, 0.1) is 5.92 Å². The molecule has 1 N–H and O–H groups in total. The Hall–Kier alpha value is -3.73. The number of nitrogens with zero attached hydrogens (tertiary/aromatic N) is 4. The van der Waals surface area contributed by atoms with E-state index in [1.165, 1.54) is 30.0 Å². The molecule has 0 bridgehead atoms. The van der Waals surface area contributed by atoms with Gasteiger partial charge < -0.3 is 19.2 Å². The van der Waals surface area contributed by atoms with Crippen molar-refractivity contribution in [3.8, 4) is 0 Å². The standard InChI is InChI=1S/C26H33N5O6/c1-16(2)18-9-7-17(8-10-18)14-30-15-19(12-21(30)24(32)27-13-20-6-5-11-37-20)31-23(26(34)36-4)22(28-29-31)25(33)35-3/h5-7,11,18-19,21H,1,8-10,12-15H2,2-4H3,(H,27,32)/t18-,19+,21+/m1/s1. The molecule has 1 aliphatic carbocycles. The number of aromatic nitrogens is 3. The second kappa shape index (κ2) is 11.5. The van der Waals surface area contributed by atoms with Crippen LogP contribution in [-0.2, 0) is 20.8 Å². The summed E-state index contributed by atoms with van der Waals surface area (Å²) in [6, 6.07) is 2.71. The van der Waals surface area contributed by atoms with E-state index in [0.717, 1.165) is 19.3 Å². The fourth-order valence-electron chi connectivity index (χ4n) is 5.02. The number of allylic oxidation sites excluding steroid dienone is 2. The molecule has 2 aromatic rings. The normalized spacial score (nSPS) is 21.8. The molecular formula is C26H33N5O6. The maximum absolute atomic E-state index is 13.3. The van der Waals surface area contributed by atoms with E-state index in [1.54, 1.807) is 18.4 Å². The number of likely N-dealkylation sites (tertiary alicyclic amines) is 1. The zero-order valence-corrected chi connectivity index (χ0v) is 21.4. The highest BCUT2D eigenvalue weighted by Crippen LogP contribution is 2.33. The molecule has 2 aromatic heterocycles. The van der Waals surface area contributed by atoms with Crippen molar-refractivity contribution in [2.24, 2.45) is 5.92 Å². The van der Waals surface area contributed by atoms with E-state index in [9.17, 15) is 14.4 Å². The highest BCUT2D eigenvalue weighted by Gasteiger charge is 2.41. The van der Waals surface area contributed by atoms with Gasteiger partial charge in [-0.15, -0.1) is 5.10 Å². The van der Waals surface area contributed by atoms with Gasteiger partial charge in [0.1, 0.15) is 5.76 Å². The number of carbonyl (C=O) groups excluding carboxylic acids is 3. The summed E-state index contributed by atoms with van der Waals surface area (Å²) in [5.74, 6) is -0.542. The van der Waals surface area contributed by atoms with Crippen LogP contribution < -0.4 is 5.32 Å². The van der Waals surface area contributed by atoms with Gasteiger partial charge in [0.05, 0.1) is 39.1 Å². The van der Waals surface area contributed by atoms with E-state index in [4.69, 9.17) is 13.9 Å². The minimum absolute atomic E-state index is 0.0860. The van der Waals surface area contributed by atoms with Crippen molar-refractivity contribution in [1.82, 2.24) is 25.2 Å². The van der Waals surface area contributed by atoms with Gasteiger partial charge in [0.25, 0.3) is 0 Å². The summed E-state index contributed by atoms with van der Waals surface area (Å²) in [7, 11) is 2.43. The van der Waals surface area contributed by atoms with E-state index < -0.39 is 18.0 Å². The van der Waals surface area contributed by atoms with Gasteiger partial charge in [0.15, 0.2) is 5.69 Å². The SMILES string of the molecule is C=C(C)[C@@H]1CC=C(CN2C[C@@H](n3nnc(C(=O)OC)c3C(=O)OC)C[C@H]2C(=O)NCc2ccco2)CC1. The molecular weight excluding hydrogens is 478 g/mol. The molecule has 0 radical (unpaired) electrons. The number of esters is 2. The molecule has 0 aromatic carbocycles. The molecule has 0 saturated carbocycles. The molecule has 11 heteroatoms. The van der Waals surface area contributed by atoms with Crippen molar-refractivity contribution in [2.75, 3.05) is 27.3 Å². The summed E-state index contributed by atoms with van der Waals surface area (Å²) in [5.41, 5.74) is 2.16. The minimum atomic E-state index is -0.784. The van der Waals surface area contributed by atoms with Gasteiger partial charge in [-0.1, -0.05) is 29.0 Å². The highest BCUT2D eigenvalue weighted by atomic mass is 16.5. The van der Waals surface area contributed by atoms with Crippen LogP contribution in [0.4, 0.5) is 0 Å². The Labute approximate surface area is 215 Å². The maximum Gasteiger partial charge on any atom is 0.361 e. The lowest BCUT2D eigenvalue weighted by Gasteiger charge is -2.28. The van der Waals surface area contributed by atoms with Crippen molar-refractivity contribution < 1.29 is 28.3 Å². The first kappa shape index (κ1) is 26.3. The lowest BCUT2D eigenvalue weighted by Crippen LogP contribution is -2.43. The molecule has 198 valence electrons. The van der Waals surface area contributed by atoms with Crippen molar-refractivity contribution in [2.45, 2.75) is 51.2 Å². The molecule has 1 fully saturated rings. The molecule has 1 saturated heterocycles. The number of ether oxygens (including phenoxy) is 2. The average Bonchev–Trinajstić information content (AvgIpc) is 3.66. The number of carbonyl (C=O) groups is 3. The van der Waals surface area contributed by atoms with Gasteiger partial charge >= 0.3 is 11.9 Å². The van der Waals surface area contributed by atoms with E-state index >= 15 is 0 Å². The fraction of sp³-hybridized carbons (Fsp3) is 0.500. The molecule has 2 aliphatic rings. The first-order valence-electron chi connectivity index (χ1n) is 12.3. The van der Waals surface area contributed by atoms with Crippen LogP contribution in [0.2, 0.25) is 0 Å². The first-order chi connectivity index (χ1) is 17.8. The number of methoxy groups -OCH3 is 2. The Balaban J connectivity index is 1.57. The summed E-state index contributed by atoms with van der Waals surface area (Å²) < 4.78 is 16.4. The predicted octanol–water partition coefficient (Wildman–Crippen LogP) is 2.68. The molecule has 1 aliphatic heterocycles. The van der Waals surface area contributed by atoms with E-state index in [0.29, 0.717) is 31.2 Å². The van der Waals surface area contributed by atoms with Gasteiger partial charge in [-0.05, 0) is 50.7 Å². The van der Waals surface area contributed by atoms with Gasteiger partial charge in [-0.25, -0.2) is 14.3 Å². The second-order valence-corrected chi connectivity index (χ2v) is 9.53. The zero-order valence-electron chi connectivity index (χ0n) is 21.4. The van der Waals surface area contributed by atoms with Gasteiger partial charge in [0.2, 0.25) is 11.6 Å². The average molecular weight is 512 g/mol. The molecule has 3 atom stereocenters. The third-order valence-electron chi connectivity index (χ3n) is 7.11. The number of nitrogens with one attached hydrogen (secondary N) is 1. The zero-order chi connectivity index (χ0) is 26.5. The third kappa shape index (κ3) is 5.82.